The highest BCUT2D eigenvalue weighted by Crippen LogP contribution is 2.55. The summed E-state index contributed by atoms with van der Waals surface area (Å²) in [5, 5.41) is 63.3. The number of phenols is 3. The van der Waals surface area contributed by atoms with Gasteiger partial charge < -0.3 is 54.7 Å². The molecule has 4 heterocycles. The Kier molecular flexibility index (Phi) is 9.67. The molecule has 4 aliphatic rings. The number of allylic oxidation sites excluding steroid dienone is 2. The number of methoxy groups -OCH3 is 1. The topological polar surface area (TPSA) is 220 Å². The highest BCUT2D eigenvalue weighted by molar-refractivity contribution is 6.23. The molecule has 16 heteroatoms. The fourth-order valence-electron chi connectivity index (χ4n) is 7.30. The van der Waals surface area contributed by atoms with E-state index in [1.54, 1.807) is 27.7 Å². The third kappa shape index (κ3) is 8.91. The van der Waals surface area contributed by atoms with Gasteiger partial charge in [-0.1, -0.05) is 45.9 Å². The number of aliphatic hydroxyl groups is 2. The van der Waals surface area contributed by atoms with E-state index in [9.17, 15) is 39.9 Å². The molecule has 1 amide bonds. The number of ether oxygens (including phenoxy) is 4. The lowest BCUT2D eigenvalue weighted by atomic mass is 9.78. The first-order chi connectivity index (χ1) is 32.0. The number of benzene rings is 2. The minimum absolute atomic E-state index is 0.115. The molecule has 0 radical (unpaired) electrons. The molecule has 322 valence electrons. The number of nitrogens with zero attached hydrogens (tertiary/aromatic N) is 3. The molecule has 0 aromatic heterocycles. The second kappa shape index (κ2) is 18.0. The number of carbonyl (C=O) groups excluding carboxylic acids is 3. The van der Waals surface area contributed by atoms with Gasteiger partial charge in [0.2, 0.25) is 0 Å². The number of rotatable bonds is 4. The van der Waals surface area contributed by atoms with Crippen molar-refractivity contribution in [3.05, 3.63) is 52.8 Å². The number of nitrogens with one attached hydrogen (secondary N) is 1. The third-order valence-electron chi connectivity index (χ3n) is 10.9. The smallest absolute Gasteiger partial charge is 0.312 e. The zero-order chi connectivity index (χ0) is 53.3. The molecule has 5 bridgehead atoms. The van der Waals surface area contributed by atoms with E-state index in [1.807, 2.05) is 0 Å². The standard InChI is InChI=1S/C43H58N4O12/c1-21-12-11-13-22(2)42(55)45-33-28(20-44-47-17-15-46(9)16-18-47)37(52)30-31(38(33)53)36(51)26(6)40-32(30)41(54)43(8,59-40)57-19-14-29(56-10)23(3)39(58-27(7)48)25(5)35(50)24(4)34(21)49/h11-14,19-21,23-25,29,34-35,39,49-53H,15-18H2,1-10H3,(H,45,55)/b12-11+,19-14+,22-13-,44-20+/t21-,23+,24+,25+,29-,34-,35+,39+,43-/m0/s1/i9D3,15D2,16D2,17D2,18D2. The summed E-state index contributed by atoms with van der Waals surface area (Å²) in [6, 6.07) is 0. The second-order valence-electron chi connectivity index (χ2n) is 15.0. The van der Waals surface area contributed by atoms with Crippen LogP contribution in [0, 0.1) is 30.6 Å². The van der Waals surface area contributed by atoms with Crippen LogP contribution in [-0.4, -0.2) is 130 Å². The maximum Gasteiger partial charge on any atom is 0.312 e. The molecule has 1 fully saturated rings. The lowest BCUT2D eigenvalue weighted by molar-refractivity contribution is -0.160. The van der Waals surface area contributed by atoms with Crippen molar-refractivity contribution in [3.63, 3.8) is 0 Å². The van der Waals surface area contributed by atoms with Gasteiger partial charge in [-0.05, 0) is 26.9 Å². The van der Waals surface area contributed by atoms with Crippen LogP contribution in [0.2, 0.25) is 0 Å². The number of Topliss-reactive ketones (excluding diaryl/α,β-unsaturated/α-hetero) is 1. The van der Waals surface area contributed by atoms with Crippen LogP contribution in [0.25, 0.3) is 10.8 Å². The van der Waals surface area contributed by atoms with Crippen LogP contribution in [-0.2, 0) is 23.8 Å². The van der Waals surface area contributed by atoms with Crippen LogP contribution in [0.1, 0.15) is 85.0 Å². The number of hydrazone groups is 1. The summed E-state index contributed by atoms with van der Waals surface area (Å²) >= 11 is 0. The van der Waals surface area contributed by atoms with Crippen LogP contribution in [0.4, 0.5) is 5.69 Å². The summed E-state index contributed by atoms with van der Waals surface area (Å²) in [6.07, 6.45) is 2.59. The minimum atomic E-state index is -3.87. The highest BCUT2D eigenvalue weighted by Gasteiger charge is 2.50. The molecule has 9 atom stereocenters. The summed E-state index contributed by atoms with van der Waals surface area (Å²) in [5.41, 5.74) is -2.49. The zero-order valence-corrected chi connectivity index (χ0v) is 34.0. The largest absolute Gasteiger partial charge is 0.507 e. The van der Waals surface area contributed by atoms with E-state index in [0.29, 0.717) is 6.21 Å². The molecule has 4 aliphatic heterocycles. The Morgan fingerprint density at radius 1 is 1.00 bits per heavy atom. The predicted octanol–water partition coefficient (Wildman–Crippen LogP) is 4.34. The SMILES string of the molecule is [2H]C([2H])([2H])N1C([2H])([2H])C([2H])([2H])N(/N=C/c2c3c(O)c4c(O)c(C)c5c(c4c2O)C(=O)[C@@](C)(O/C=C/[C@H](OC)[C@@H](C)[C@@H](OC(C)=O)[C@H](C)[C@H](O)[C@H](C)[C@@H](O)[C@@H](C)/C=C/C=C(/C)C(=O)N3)O5)C([2H])([2H])C1([2H])[2H]. The molecule has 0 unspecified atom stereocenters. The number of hydrogen-bond acceptors (Lipinski definition) is 15. The van der Waals surface area contributed by atoms with Crippen molar-refractivity contribution in [2.24, 2.45) is 28.8 Å². The first kappa shape index (κ1) is 31.7. The van der Waals surface area contributed by atoms with E-state index in [0.717, 1.165) is 6.26 Å². The molecular weight excluding hydrogens is 764 g/mol. The summed E-state index contributed by atoms with van der Waals surface area (Å²) in [4.78, 5) is 40.3. The Balaban J connectivity index is 1.81. The van der Waals surface area contributed by atoms with Crippen molar-refractivity contribution in [1.29, 1.82) is 0 Å². The van der Waals surface area contributed by atoms with Crippen molar-refractivity contribution in [2.45, 2.75) is 85.6 Å². The maximum absolute atomic E-state index is 14.6. The molecule has 6 rings (SSSR count). The third-order valence-corrected chi connectivity index (χ3v) is 10.9. The Hall–Kier alpha value is -5.16. The van der Waals surface area contributed by atoms with Gasteiger partial charge in [-0.25, -0.2) is 0 Å². The quantitative estimate of drug-likeness (QED) is 0.109. The van der Waals surface area contributed by atoms with Crippen molar-refractivity contribution < 1.29 is 73.9 Å². The molecule has 16 nitrogen and oxygen atoms in total. The molecule has 0 saturated carbocycles. The highest BCUT2D eigenvalue weighted by atomic mass is 16.7. The number of piperazine rings is 1. The number of carbonyl (C=O) groups is 3. The van der Waals surface area contributed by atoms with Crippen molar-refractivity contribution >= 4 is 40.3 Å². The number of anilines is 1. The van der Waals surface area contributed by atoms with Gasteiger partial charge in [-0.15, -0.1) is 0 Å². The van der Waals surface area contributed by atoms with Crippen molar-refractivity contribution in [3.8, 4) is 23.0 Å². The molecular formula is C43H58N4O12. The fraction of sp³-hybridized carbons (Fsp3) is 0.535. The van der Waals surface area contributed by atoms with Crippen molar-refractivity contribution in [1.82, 2.24) is 9.91 Å². The van der Waals surface area contributed by atoms with Gasteiger partial charge in [-0.3, -0.25) is 19.4 Å². The average molecular weight is 834 g/mol. The van der Waals surface area contributed by atoms with Gasteiger partial charge in [0.1, 0.15) is 23.4 Å². The number of esters is 1. The number of fused-ring (bicyclic) bond motifs is 14. The molecule has 0 spiro atoms. The Bertz CT molecular complexity index is 2530. The van der Waals surface area contributed by atoms with Gasteiger partial charge >= 0.3 is 11.8 Å². The number of hydrogen-bond donors (Lipinski definition) is 6. The summed E-state index contributed by atoms with van der Waals surface area (Å²) in [5.74, 6) is -11.4. The molecule has 1 saturated heterocycles. The summed E-state index contributed by atoms with van der Waals surface area (Å²) in [7, 11) is 1.34. The zero-order valence-electron chi connectivity index (χ0n) is 45.0. The number of likely N-dealkylation sites (N-methyl/N-ethyl adjacent to an activating group) is 1. The molecule has 6 N–H and O–H groups in total. The van der Waals surface area contributed by atoms with Gasteiger partial charge in [-0.2, -0.15) is 5.10 Å². The number of amides is 1. The number of phenolic OH excluding ortho intramolecular Hbond substituents is 3. The van der Waals surface area contributed by atoms with Gasteiger partial charge in [0.15, 0.2) is 5.75 Å². The van der Waals surface area contributed by atoms with Gasteiger partial charge in [0, 0.05) is 96.7 Å². The van der Waals surface area contributed by atoms with E-state index in [4.69, 9.17) is 34.0 Å². The Morgan fingerprint density at radius 2 is 1.68 bits per heavy atom. The van der Waals surface area contributed by atoms with E-state index < -0.39 is 154 Å². The van der Waals surface area contributed by atoms with Crippen molar-refractivity contribution in [2.75, 3.05) is 45.4 Å². The van der Waals surface area contributed by atoms with Gasteiger partial charge in [0.25, 0.3) is 11.7 Å². The monoisotopic (exact) mass is 833 g/mol. The lowest BCUT2D eigenvalue weighted by Crippen LogP contribution is -2.46. The first-order valence-electron chi connectivity index (χ1n) is 24.2. The number of aliphatic hydroxyl groups excluding tert-OH is 2. The Morgan fingerprint density at radius 3 is 2.31 bits per heavy atom. The molecule has 59 heavy (non-hydrogen) atoms. The normalized spacial score (nSPS) is 38.5. The predicted molar refractivity (Wildman–Crippen MR) is 220 cm³/mol. The minimum Gasteiger partial charge on any atom is -0.507 e. The summed E-state index contributed by atoms with van der Waals surface area (Å²) < 4.78 is 115. The number of aromatic hydroxyl groups is 3. The summed E-state index contributed by atoms with van der Waals surface area (Å²) in [6.45, 7) is -7.70. The maximum atomic E-state index is 14.6. The van der Waals surface area contributed by atoms with E-state index in [2.05, 4.69) is 10.4 Å². The average Bonchev–Trinajstić information content (AvgIpc) is 3.51. The Labute approximate surface area is 359 Å². The van der Waals surface area contributed by atoms with Crippen LogP contribution in [0.3, 0.4) is 0 Å². The fourth-order valence-corrected chi connectivity index (χ4v) is 7.30. The molecule has 2 aromatic carbocycles. The molecule has 0 aliphatic carbocycles. The van der Waals surface area contributed by atoms with Crippen LogP contribution >= 0.6 is 0 Å². The van der Waals surface area contributed by atoms with E-state index in [1.165, 1.54) is 59.1 Å². The molecule has 2 aromatic rings. The van der Waals surface area contributed by atoms with Crippen LogP contribution in [0.15, 0.2) is 41.2 Å². The second-order valence-corrected chi connectivity index (χ2v) is 15.0. The van der Waals surface area contributed by atoms with E-state index >= 15 is 0 Å². The lowest BCUT2D eigenvalue weighted by Gasteiger charge is -2.38. The van der Waals surface area contributed by atoms with Crippen LogP contribution < -0.4 is 10.1 Å². The van der Waals surface area contributed by atoms with Gasteiger partial charge in [0.05, 0.1) is 58.5 Å². The van der Waals surface area contributed by atoms with E-state index in [-0.39, 0.29) is 21.9 Å². The van der Waals surface area contributed by atoms with Crippen LogP contribution in [0.5, 0.6) is 23.0 Å². The first-order valence-corrected chi connectivity index (χ1v) is 18.7. The number of ketones is 1.